The minimum Gasteiger partial charge on any atom is -0.0651 e. The van der Waals surface area contributed by atoms with Gasteiger partial charge in [-0.3, -0.25) is 0 Å². The predicted octanol–water partition coefficient (Wildman–Crippen LogP) is 3.08. The molecule has 0 unspecified atom stereocenters. The summed E-state index contributed by atoms with van der Waals surface area (Å²) in [5.41, 5.74) is 0. The minimum absolute atomic E-state index is 0.880. The SMILES string of the molecule is CC[C@H](C)CC(C)C. The van der Waals surface area contributed by atoms with Crippen LogP contribution in [0.1, 0.15) is 40.5 Å². The van der Waals surface area contributed by atoms with Crippen LogP contribution in [0.4, 0.5) is 0 Å². The van der Waals surface area contributed by atoms with Gasteiger partial charge in [0, 0.05) is 0 Å². The standard InChI is InChI=1S/C8H18/c1-5-8(4)6-7(2)3/h7-8H,5-6H2,1-4H3/t8-/m0/s1. The van der Waals surface area contributed by atoms with Crippen LogP contribution < -0.4 is 0 Å². The van der Waals surface area contributed by atoms with Crippen molar-refractivity contribution in [3.63, 3.8) is 0 Å². The first-order chi connectivity index (χ1) is 3.66. The third-order valence-corrected chi connectivity index (χ3v) is 1.57. The van der Waals surface area contributed by atoms with Crippen molar-refractivity contribution in [1.82, 2.24) is 0 Å². The second kappa shape index (κ2) is 3.94. The van der Waals surface area contributed by atoms with Crippen molar-refractivity contribution in [2.75, 3.05) is 0 Å². The summed E-state index contributed by atoms with van der Waals surface area (Å²) in [6, 6.07) is 0. The molecule has 0 heteroatoms. The van der Waals surface area contributed by atoms with Gasteiger partial charge in [-0.1, -0.05) is 34.1 Å². The second-order valence-electron chi connectivity index (χ2n) is 3.14. The molecule has 0 aromatic carbocycles. The van der Waals surface area contributed by atoms with E-state index in [-0.39, 0.29) is 0 Å². The Morgan fingerprint density at radius 1 is 1.12 bits per heavy atom. The lowest BCUT2D eigenvalue weighted by Crippen LogP contribution is -1.97. The Morgan fingerprint density at radius 2 is 1.62 bits per heavy atom. The van der Waals surface area contributed by atoms with E-state index in [1.54, 1.807) is 0 Å². The molecule has 0 bridgehead atoms. The summed E-state index contributed by atoms with van der Waals surface area (Å²) in [6.45, 7) is 9.14. The zero-order chi connectivity index (χ0) is 6.57. The molecular formula is C8H18. The summed E-state index contributed by atoms with van der Waals surface area (Å²) in [6.07, 6.45) is 2.72. The van der Waals surface area contributed by atoms with Gasteiger partial charge in [0.05, 0.1) is 0 Å². The van der Waals surface area contributed by atoms with Gasteiger partial charge in [-0.25, -0.2) is 0 Å². The third-order valence-electron chi connectivity index (χ3n) is 1.57. The third kappa shape index (κ3) is 4.17. The zero-order valence-corrected chi connectivity index (χ0v) is 6.57. The summed E-state index contributed by atoms with van der Waals surface area (Å²) in [5.74, 6) is 1.81. The lowest BCUT2D eigenvalue weighted by atomic mass is 9.97. The average Bonchev–Trinajstić information content (AvgIpc) is 1.65. The van der Waals surface area contributed by atoms with Crippen LogP contribution in [-0.4, -0.2) is 0 Å². The monoisotopic (exact) mass is 114 g/mol. The fourth-order valence-electron chi connectivity index (χ4n) is 0.971. The minimum atomic E-state index is 0.880. The van der Waals surface area contributed by atoms with Gasteiger partial charge in [0.15, 0.2) is 0 Å². The van der Waals surface area contributed by atoms with Gasteiger partial charge in [-0.05, 0) is 18.3 Å². The van der Waals surface area contributed by atoms with Gasteiger partial charge in [0.2, 0.25) is 0 Å². The number of rotatable bonds is 3. The zero-order valence-electron chi connectivity index (χ0n) is 6.57. The van der Waals surface area contributed by atoms with E-state index in [9.17, 15) is 0 Å². The number of hydrogen-bond donors (Lipinski definition) is 0. The molecule has 0 aliphatic carbocycles. The molecule has 0 saturated heterocycles. The van der Waals surface area contributed by atoms with Crippen LogP contribution in [0.5, 0.6) is 0 Å². The van der Waals surface area contributed by atoms with Gasteiger partial charge in [-0.2, -0.15) is 0 Å². The summed E-state index contributed by atoms with van der Waals surface area (Å²) in [7, 11) is 0. The maximum absolute atomic E-state index is 2.32. The summed E-state index contributed by atoms with van der Waals surface area (Å²) >= 11 is 0. The molecular weight excluding hydrogens is 96.1 g/mol. The van der Waals surface area contributed by atoms with E-state index in [1.807, 2.05) is 0 Å². The molecule has 0 aliphatic rings. The van der Waals surface area contributed by atoms with Crippen molar-refractivity contribution >= 4 is 0 Å². The quantitative estimate of drug-likeness (QED) is 0.529. The molecule has 8 heavy (non-hydrogen) atoms. The molecule has 0 radical (unpaired) electrons. The smallest absolute Gasteiger partial charge is 0.0443 e. The van der Waals surface area contributed by atoms with Crippen molar-refractivity contribution in [2.45, 2.75) is 40.5 Å². The Morgan fingerprint density at radius 3 is 1.75 bits per heavy atom. The van der Waals surface area contributed by atoms with Gasteiger partial charge in [0.1, 0.15) is 0 Å². The van der Waals surface area contributed by atoms with Crippen LogP contribution in [0, 0.1) is 11.8 Å². The molecule has 0 rings (SSSR count). The van der Waals surface area contributed by atoms with E-state index >= 15 is 0 Å². The van der Waals surface area contributed by atoms with Crippen molar-refractivity contribution in [3.05, 3.63) is 0 Å². The Balaban J connectivity index is 3.10. The van der Waals surface area contributed by atoms with Gasteiger partial charge >= 0.3 is 0 Å². The lowest BCUT2D eigenvalue weighted by Gasteiger charge is -2.09. The van der Waals surface area contributed by atoms with Crippen LogP contribution in [0.25, 0.3) is 0 Å². The molecule has 50 valence electrons. The van der Waals surface area contributed by atoms with Gasteiger partial charge in [-0.15, -0.1) is 0 Å². The van der Waals surface area contributed by atoms with E-state index in [4.69, 9.17) is 0 Å². The molecule has 0 saturated carbocycles. The fraction of sp³-hybridized carbons (Fsp3) is 1.00. The van der Waals surface area contributed by atoms with E-state index in [1.165, 1.54) is 12.8 Å². The first kappa shape index (κ1) is 8.00. The van der Waals surface area contributed by atoms with E-state index in [2.05, 4.69) is 27.7 Å². The average molecular weight is 114 g/mol. The van der Waals surface area contributed by atoms with Crippen molar-refractivity contribution in [3.8, 4) is 0 Å². The first-order valence-electron chi connectivity index (χ1n) is 3.66. The Labute approximate surface area is 53.3 Å². The van der Waals surface area contributed by atoms with Crippen LogP contribution in [0.3, 0.4) is 0 Å². The molecule has 0 spiro atoms. The number of hydrogen-bond acceptors (Lipinski definition) is 0. The van der Waals surface area contributed by atoms with Crippen LogP contribution in [0.2, 0.25) is 0 Å². The predicted molar refractivity (Wildman–Crippen MR) is 38.9 cm³/mol. The van der Waals surface area contributed by atoms with Crippen molar-refractivity contribution in [1.29, 1.82) is 0 Å². The highest BCUT2D eigenvalue weighted by molar-refractivity contribution is 4.52. The first-order valence-corrected chi connectivity index (χ1v) is 3.66. The van der Waals surface area contributed by atoms with Gasteiger partial charge < -0.3 is 0 Å². The maximum Gasteiger partial charge on any atom is -0.0443 e. The van der Waals surface area contributed by atoms with E-state index in [0.29, 0.717) is 0 Å². The lowest BCUT2D eigenvalue weighted by molar-refractivity contribution is 0.429. The summed E-state index contributed by atoms with van der Waals surface area (Å²) in [4.78, 5) is 0. The van der Waals surface area contributed by atoms with Crippen LogP contribution in [0.15, 0.2) is 0 Å². The molecule has 0 amide bonds. The molecule has 0 aromatic heterocycles. The topological polar surface area (TPSA) is 0 Å². The highest BCUT2D eigenvalue weighted by atomic mass is 14.1. The fourth-order valence-corrected chi connectivity index (χ4v) is 0.971. The second-order valence-corrected chi connectivity index (χ2v) is 3.14. The highest BCUT2D eigenvalue weighted by Gasteiger charge is 2.00. The van der Waals surface area contributed by atoms with Crippen molar-refractivity contribution in [2.24, 2.45) is 11.8 Å². The summed E-state index contributed by atoms with van der Waals surface area (Å²) in [5, 5.41) is 0. The highest BCUT2D eigenvalue weighted by Crippen LogP contribution is 2.12. The molecule has 0 heterocycles. The van der Waals surface area contributed by atoms with E-state index < -0.39 is 0 Å². The van der Waals surface area contributed by atoms with Crippen LogP contribution >= 0.6 is 0 Å². The molecule has 0 N–H and O–H groups in total. The molecule has 1 atom stereocenters. The molecule has 0 nitrogen and oxygen atoms in total. The Kier molecular flexibility index (Phi) is 3.94. The molecule has 0 aliphatic heterocycles. The van der Waals surface area contributed by atoms with Crippen molar-refractivity contribution < 1.29 is 0 Å². The van der Waals surface area contributed by atoms with Crippen LogP contribution in [-0.2, 0) is 0 Å². The molecule has 0 aromatic rings. The Hall–Kier alpha value is 0. The summed E-state index contributed by atoms with van der Waals surface area (Å²) < 4.78 is 0. The normalized spacial score (nSPS) is 14.6. The largest absolute Gasteiger partial charge is 0.0651 e. The maximum atomic E-state index is 2.32. The Bertz CT molecular complexity index is 46.0. The molecule has 0 fully saturated rings. The van der Waals surface area contributed by atoms with E-state index in [0.717, 1.165) is 11.8 Å². The van der Waals surface area contributed by atoms with Gasteiger partial charge in [0.25, 0.3) is 0 Å².